The van der Waals surface area contributed by atoms with Gasteiger partial charge in [-0.3, -0.25) is 4.79 Å². The van der Waals surface area contributed by atoms with Crippen molar-refractivity contribution in [1.82, 2.24) is 0 Å². The number of rotatable bonds is 4. The summed E-state index contributed by atoms with van der Waals surface area (Å²) in [5.74, 6) is -3.98. The Kier molecular flexibility index (Phi) is 6.34. The van der Waals surface area contributed by atoms with Gasteiger partial charge in [0, 0.05) is 22.5 Å². The molecule has 2 aliphatic carbocycles. The summed E-state index contributed by atoms with van der Waals surface area (Å²) in [4.78, 5) is 38.1. The summed E-state index contributed by atoms with van der Waals surface area (Å²) < 4.78 is 17.4. The zero-order valence-electron chi connectivity index (χ0n) is 19.6. The van der Waals surface area contributed by atoms with E-state index >= 15 is 0 Å². The van der Waals surface area contributed by atoms with Gasteiger partial charge in [0.15, 0.2) is 6.10 Å². The zero-order valence-corrected chi connectivity index (χ0v) is 19.6. The molecule has 0 spiro atoms. The average Bonchev–Trinajstić information content (AvgIpc) is 2.71. The Hall–Kier alpha value is -2.19. The summed E-state index contributed by atoms with van der Waals surface area (Å²) in [6.45, 7) is 13.8. The first-order chi connectivity index (χ1) is 14.8. The van der Waals surface area contributed by atoms with Crippen molar-refractivity contribution in [1.29, 1.82) is 0 Å². The third kappa shape index (κ3) is 3.67. The minimum Gasteiger partial charge on any atom is -0.461 e. The molecule has 178 valence electrons. The first kappa shape index (κ1) is 24.5. The molecule has 2 saturated carbocycles. The first-order valence-corrected chi connectivity index (χ1v) is 11.1. The van der Waals surface area contributed by atoms with Gasteiger partial charge >= 0.3 is 17.9 Å². The molecule has 2 N–H and O–H groups in total. The SMILES string of the molecule is C=C1C(=O)O[C@H]2[C@@H](OC(=O)/C(C)=C/C)[C@@H]1[C@H](OC(=O)C(C)C)[C@H]1[C@@]2(C)[C@@H](O)CC[C@]1(C)O. The molecule has 8 heteroatoms. The molecular formula is C24H34O8. The lowest BCUT2D eigenvalue weighted by atomic mass is 9.48. The fourth-order valence-corrected chi connectivity index (χ4v) is 5.58. The van der Waals surface area contributed by atoms with E-state index < -0.39 is 71.1 Å². The van der Waals surface area contributed by atoms with Gasteiger partial charge in [-0.2, -0.15) is 0 Å². The van der Waals surface area contributed by atoms with Crippen LogP contribution < -0.4 is 0 Å². The van der Waals surface area contributed by atoms with E-state index in [1.807, 2.05) is 0 Å². The number of ether oxygens (including phenoxy) is 3. The Morgan fingerprint density at radius 1 is 1.25 bits per heavy atom. The third-order valence-electron chi connectivity index (χ3n) is 7.55. The van der Waals surface area contributed by atoms with Crippen molar-refractivity contribution in [2.75, 3.05) is 0 Å². The third-order valence-corrected chi connectivity index (χ3v) is 7.55. The summed E-state index contributed by atoms with van der Waals surface area (Å²) in [7, 11) is 0. The van der Waals surface area contributed by atoms with Gasteiger partial charge in [0.2, 0.25) is 0 Å². The van der Waals surface area contributed by atoms with Gasteiger partial charge in [0.25, 0.3) is 0 Å². The monoisotopic (exact) mass is 450 g/mol. The summed E-state index contributed by atoms with van der Waals surface area (Å²) in [5, 5.41) is 22.5. The van der Waals surface area contributed by atoms with Gasteiger partial charge in [0.05, 0.1) is 23.5 Å². The van der Waals surface area contributed by atoms with Gasteiger partial charge in [-0.1, -0.05) is 33.4 Å². The fraction of sp³-hybridized carbons (Fsp3) is 0.708. The molecule has 0 aromatic heterocycles. The summed E-state index contributed by atoms with van der Waals surface area (Å²) in [5.41, 5.74) is -2.19. The van der Waals surface area contributed by atoms with E-state index in [0.29, 0.717) is 5.57 Å². The van der Waals surface area contributed by atoms with Crippen LogP contribution in [0.5, 0.6) is 0 Å². The minimum atomic E-state index is -1.33. The van der Waals surface area contributed by atoms with Crippen LogP contribution in [0.2, 0.25) is 0 Å². The second-order valence-corrected chi connectivity index (χ2v) is 10.0. The second kappa shape index (κ2) is 8.30. The molecule has 0 aromatic rings. The van der Waals surface area contributed by atoms with E-state index in [1.54, 1.807) is 47.6 Å². The van der Waals surface area contributed by atoms with Crippen LogP contribution in [0.15, 0.2) is 23.8 Å². The maximum absolute atomic E-state index is 12.7. The van der Waals surface area contributed by atoms with Crippen LogP contribution >= 0.6 is 0 Å². The van der Waals surface area contributed by atoms with Crippen molar-refractivity contribution in [2.45, 2.75) is 84.4 Å². The average molecular weight is 451 g/mol. The quantitative estimate of drug-likeness (QED) is 0.380. The first-order valence-electron chi connectivity index (χ1n) is 11.1. The smallest absolute Gasteiger partial charge is 0.334 e. The Labute approximate surface area is 188 Å². The molecular weight excluding hydrogens is 416 g/mol. The minimum absolute atomic E-state index is 0.0108. The van der Waals surface area contributed by atoms with Crippen molar-refractivity contribution >= 4 is 17.9 Å². The number of fused-ring (bicyclic) bond motifs is 4. The molecule has 3 rings (SSSR count). The molecule has 0 aromatic carbocycles. The molecule has 1 saturated heterocycles. The second-order valence-electron chi connectivity index (χ2n) is 10.0. The standard InChI is InChI=1S/C24H34O8/c1-8-12(4)21(27)31-17-15-13(5)22(28)32-19(17)24(7)14(25)9-10-23(6,29)18(24)16(15)30-20(26)11(2)3/h8,11,14-19,25,29H,5,9-10H2,1-4,6-7H3/b12-8+/t14-,15-,16-,17-,18+,19-,23-,24+/m0/s1. The van der Waals surface area contributed by atoms with Gasteiger partial charge in [-0.15, -0.1) is 0 Å². The molecule has 8 atom stereocenters. The van der Waals surface area contributed by atoms with Gasteiger partial charge in [-0.05, 0) is 33.6 Å². The van der Waals surface area contributed by atoms with Crippen LogP contribution in [0.25, 0.3) is 0 Å². The van der Waals surface area contributed by atoms with Crippen LogP contribution in [0.4, 0.5) is 0 Å². The van der Waals surface area contributed by atoms with E-state index in [1.165, 1.54) is 0 Å². The maximum Gasteiger partial charge on any atom is 0.334 e. The van der Waals surface area contributed by atoms with Crippen molar-refractivity contribution in [2.24, 2.45) is 23.2 Å². The lowest BCUT2D eigenvalue weighted by molar-refractivity contribution is -0.292. The largest absolute Gasteiger partial charge is 0.461 e. The lowest BCUT2D eigenvalue weighted by Gasteiger charge is -2.63. The van der Waals surface area contributed by atoms with Crippen LogP contribution in [0, 0.1) is 23.2 Å². The molecule has 2 bridgehead atoms. The lowest BCUT2D eigenvalue weighted by Crippen LogP contribution is -2.75. The van der Waals surface area contributed by atoms with Crippen molar-refractivity contribution < 1.29 is 38.8 Å². The number of allylic oxidation sites excluding steroid dienone is 1. The maximum atomic E-state index is 12.7. The molecule has 0 amide bonds. The Bertz CT molecular complexity index is 856. The van der Waals surface area contributed by atoms with E-state index in [9.17, 15) is 24.6 Å². The highest BCUT2D eigenvalue weighted by molar-refractivity contribution is 5.91. The van der Waals surface area contributed by atoms with Gasteiger partial charge in [-0.25, -0.2) is 9.59 Å². The van der Waals surface area contributed by atoms with Gasteiger partial charge < -0.3 is 24.4 Å². The molecule has 8 nitrogen and oxygen atoms in total. The Morgan fingerprint density at radius 2 is 1.88 bits per heavy atom. The van der Waals surface area contributed by atoms with Crippen molar-refractivity contribution in [3.8, 4) is 0 Å². The molecule has 0 unspecified atom stereocenters. The summed E-state index contributed by atoms with van der Waals surface area (Å²) in [6, 6.07) is 0. The van der Waals surface area contributed by atoms with Crippen LogP contribution in [-0.4, -0.2) is 58.1 Å². The molecule has 1 heterocycles. The molecule has 1 aliphatic heterocycles. The number of hydrogen-bond acceptors (Lipinski definition) is 8. The van der Waals surface area contributed by atoms with E-state index in [2.05, 4.69) is 6.58 Å². The van der Waals surface area contributed by atoms with E-state index in [0.717, 1.165) is 0 Å². The highest BCUT2D eigenvalue weighted by atomic mass is 16.6. The van der Waals surface area contributed by atoms with Crippen LogP contribution in [0.1, 0.15) is 54.4 Å². The number of aliphatic hydroxyl groups is 2. The Balaban J connectivity index is 2.19. The molecule has 3 aliphatic rings. The predicted octanol–water partition coefficient (Wildman–Crippen LogP) is 2.07. The molecule has 3 fully saturated rings. The molecule has 0 radical (unpaired) electrons. The topological polar surface area (TPSA) is 119 Å². The van der Waals surface area contributed by atoms with Crippen LogP contribution in [-0.2, 0) is 28.6 Å². The number of carbonyl (C=O) groups is 3. The van der Waals surface area contributed by atoms with E-state index in [4.69, 9.17) is 14.2 Å². The number of esters is 3. The normalized spacial score (nSPS) is 41.6. The summed E-state index contributed by atoms with van der Waals surface area (Å²) in [6.07, 6.45) is -1.98. The number of hydrogen-bond donors (Lipinski definition) is 2. The predicted molar refractivity (Wildman–Crippen MR) is 114 cm³/mol. The van der Waals surface area contributed by atoms with Crippen LogP contribution in [0.3, 0.4) is 0 Å². The summed E-state index contributed by atoms with van der Waals surface area (Å²) >= 11 is 0. The Morgan fingerprint density at radius 3 is 2.44 bits per heavy atom. The van der Waals surface area contributed by atoms with Gasteiger partial charge in [0.1, 0.15) is 12.2 Å². The molecule has 32 heavy (non-hydrogen) atoms. The van der Waals surface area contributed by atoms with Crippen molar-refractivity contribution in [3.05, 3.63) is 23.8 Å². The van der Waals surface area contributed by atoms with E-state index in [-0.39, 0.29) is 18.4 Å². The highest BCUT2D eigenvalue weighted by Crippen LogP contribution is 2.60. The number of carbonyl (C=O) groups excluding carboxylic acids is 3. The fourth-order valence-electron chi connectivity index (χ4n) is 5.58. The van der Waals surface area contributed by atoms with Crippen molar-refractivity contribution in [3.63, 3.8) is 0 Å². The number of aliphatic hydroxyl groups excluding tert-OH is 1. The zero-order chi connectivity index (χ0) is 24.2. The highest BCUT2D eigenvalue weighted by Gasteiger charge is 2.72.